The Morgan fingerprint density at radius 1 is 1.29 bits per heavy atom. The lowest BCUT2D eigenvalue weighted by Crippen LogP contribution is -2.33. The molecule has 0 aliphatic carbocycles. The van der Waals surface area contributed by atoms with Crippen LogP contribution in [0.3, 0.4) is 0 Å². The molecule has 96 valence electrons. The van der Waals surface area contributed by atoms with Gasteiger partial charge in [-0.25, -0.2) is 0 Å². The average Bonchev–Trinajstić information content (AvgIpc) is 2.29. The Bertz CT molecular complexity index is 328. The maximum Gasteiger partial charge on any atom is 0.0755 e. The minimum atomic E-state index is -0.258. The minimum absolute atomic E-state index is 0.258. The maximum atomic E-state index is 9.76. The van der Waals surface area contributed by atoms with E-state index in [9.17, 15) is 5.11 Å². The van der Waals surface area contributed by atoms with E-state index in [0.717, 1.165) is 11.5 Å². The number of aryl methyl sites for hydroxylation is 1. The molecule has 2 nitrogen and oxygen atoms in total. The predicted octanol–water partition coefficient (Wildman–Crippen LogP) is 2.59. The first-order valence-corrected chi connectivity index (χ1v) is 7.28. The minimum Gasteiger partial charge on any atom is -0.391 e. The highest BCUT2D eigenvalue weighted by Crippen LogP contribution is 2.16. The standard InChI is InChI=1S/C14H23NOS/c1-11(2)15-8-14(16)10-17-9-13-7-5-4-6-12(13)3/h4-7,11,14-16H,8-10H2,1-3H3. The molecule has 1 rings (SSSR count). The number of hydrogen-bond donors (Lipinski definition) is 2. The molecule has 1 unspecified atom stereocenters. The fourth-order valence-electron chi connectivity index (χ4n) is 1.51. The van der Waals surface area contributed by atoms with Gasteiger partial charge < -0.3 is 10.4 Å². The van der Waals surface area contributed by atoms with Gasteiger partial charge in [0.25, 0.3) is 0 Å². The van der Waals surface area contributed by atoms with E-state index in [-0.39, 0.29) is 6.10 Å². The van der Waals surface area contributed by atoms with Crippen molar-refractivity contribution in [2.45, 2.75) is 38.7 Å². The summed E-state index contributed by atoms with van der Waals surface area (Å²) in [7, 11) is 0. The molecular formula is C14H23NOS. The Labute approximate surface area is 109 Å². The Hall–Kier alpha value is -0.510. The van der Waals surface area contributed by atoms with Crippen molar-refractivity contribution >= 4 is 11.8 Å². The van der Waals surface area contributed by atoms with E-state index < -0.39 is 0 Å². The van der Waals surface area contributed by atoms with Crippen LogP contribution >= 0.6 is 11.8 Å². The Kier molecular flexibility index (Phi) is 6.63. The van der Waals surface area contributed by atoms with Crippen molar-refractivity contribution in [1.29, 1.82) is 0 Å². The summed E-state index contributed by atoms with van der Waals surface area (Å²) in [6.07, 6.45) is -0.258. The summed E-state index contributed by atoms with van der Waals surface area (Å²) in [5.41, 5.74) is 2.69. The molecule has 0 aliphatic rings. The van der Waals surface area contributed by atoms with Gasteiger partial charge in [-0.3, -0.25) is 0 Å². The predicted molar refractivity (Wildman–Crippen MR) is 76.5 cm³/mol. The van der Waals surface area contributed by atoms with E-state index in [1.165, 1.54) is 11.1 Å². The summed E-state index contributed by atoms with van der Waals surface area (Å²) in [6, 6.07) is 8.85. The van der Waals surface area contributed by atoms with Crippen LogP contribution in [0.2, 0.25) is 0 Å². The molecule has 2 N–H and O–H groups in total. The van der Waals surface area contributed by atoms with E-state index in [2.05, 4.69) is 50.4 Å². The smallest absolute Gasteiger partial charge is 0.0755 e. The molecular weight excluding hydrogens is 230 g/mol. The van der Waals surface area contributed by atoms with Gasteiger partial charge >= 0.3 is 0 Å². The molecule has 0 aliphatic heterocycles. The van der Waals surface area contributed by atoms with Crippen LogP contribution in [0.15, 0.2) is 24.3 Å². The molecule has 1 aromatic rings. The number of aliphatic hydroxyl groups is 1. The summed E-state index contributed by atoms with van der Waals surface area (Å²) < 4.78 is 0. The van der Waals surface area contributed by atoms with Crippen LogP contribution in [0.4, 0.5) is 0 Å². The topological polar surface area (TPSA) is 32.3 Å². The van der Waals surface area contributed by atoms with Crippen molar-refractivity contribution in [3.05, 3.63) is 35.4 Å². The van der Waals surface area contributed by atoms with E-state index >= 15 is 0 Å². The molecule has 0 saturated heterocycles. The molecule has 0 fully saturated rings. The Morgan fingerprint density at radius 2 is 2.00 bits per heavy atom. The van der Waals surface area contributed by atoms with Gasteiger partial charge in [0.05, 0.1) is 6.10 Å². The van der Waals surface area contributed by atoms with E-state index in [0.29, 0.717) is 12.6 Å². The summed E-state index contributed by atoms with van der Waals surface area (Å²) in [5.74, 6) is 1.76. The zero-order chi connectivity index (χ0) is 12.7. The van der Waals surface area contributed by atoms with Crippen LogP contribution in [0.5, 0.6) is 0 Å². The third-order valence-electron chi connectivity index (χ3n) is 2.59. The highest BCUT2D eigenvalue weighted by molar-refractivity contribution is 7.98. The van der Waals surface area contributed by atoms with Gasteiger partial charge in [-0.15, -0.1) is 0 Å². The second-order valence-corrected chi connectivity index (χ2v) is 5.69. The zero-order valence-corrected chi connectivity index (χ0v) is 11.8. The van der Waals surface area contributed by atoms with Gasteiger partial charge in [-0.1, -0.05) is 38.1 Å². The molecule has 1 atom stereocenters. The van der Waals surface area contributed by atoms with Gasteiger partial charge in [0.1, 0.15) is 0 Å². The third kappa shape index (κ3) is 6.10. The van der Waals surface area contributed by atoms with Crippen molar-refractivity contribution < 1.29 is 5.11 Å². The molecule has 0 saturated carbocycles. The summed E-state index contributed by atoms with van der Waals surface area (Å²) in [6.45, 7) is 6.99. The van der Waals surface area contributed by atoms with Crippen LogP contribution in [-0.4, -0.2) is 29.5 Å². The molecule has 3 heteroatoms. The SMILES string of the molecule is Cc1ccccc1CSCC(O)CNC(C)C. The molecule has 0 bridgehead atoms. The van der Waals surface area contributed by atoms with Crippen molar-refractivity contribution in [3.8, 4) is 0 Å². The molecule has 0 spiro atoms. The maximum absolute atomic E-state index is 9.76. The summed E-state index contributed by atoms with van der Waals surface area (Å²) in [4.78, 5) is 0. The van der Waals surface area contributed by atoms with Crippen LogP contribution in [0, 0.1) is 6.92 Å². The molecule has 17 heavy (non-hydrogen) atoms. The highest BCUT2D eigenvalue weighted by Gasteiger charge is 2.05. The second kappa shape index (κ2) is 7.75. The number of hydrogen-bond acceptors (Lipinski definition) is 3. The van der Waals surface area contributed by atoms with Gasteiger partial charge in [0, 0.05) is 24.1 Å². The number of aliphatic hydroxyl groups excluding tert-OH is 1. The van der Waals surface area contributed by atoms with E-state index in [1.54, 1.807) is 11.8 Å². The average molecular weight is 253 g/mol. The van der Waals surface area contributed by atoms with Crippen LogP contribution in [0.1, 0.15) is 25.0 Å². The van der Waals surface area contributed by atoms with Gasteiger partial charge in [0.2, 0.25) is 0 Å². The second-order valence-electron chi connectivity index (χ2n) is 4.66. The van der Waals surface area contributed by atoms with Gasteiger partial charge in [-0.2, -0.15) is 11.8 Å². The van der Waals surface area contributed by atoms with Crippen LogP contribution < -0.4 is 5.32 Å². The number of benzene rings is 1. The zero-order valence-electron chi connectivity index (χ0n) is 10.9. The quantitative estimate of drug-likeness (QED) is 0.783. The third-order valence-corrected chi connectivity index (χ3v) is 3.73. The largest absolute Gasteiger partial charge is 0.391 e. The van der Waals surface area contributed by atoms with Crippen molar-refractivity contribution in [2.75, 3.05) is 12.3 Å². The molecule has 0 amide bonds. The Morgan fingerprint density at radius 3 is 2.65 bits per heavy atom. The molecule has 0 heterocycles. The first kappa shape index (κ1) is 14.6. The lowest BCUT2D eigenvalue weighted by Gasteiger charge is -2.14. The van der Waals surface area contributed by atoms with Crippen molar-refractivity contribution in [3.63, 3.8) is 0 Å². The number of thioether (sulfide) groups is 1. The molecule has 0 aromatic heterocycles. The van der Waals surface area contributed by atoms with Gasteiger partial charge in [-0.05, 0) is 18.1 Å². The fourth-order valence-corrected chi connectivity index (χ4v) is 2.56. The number of nitrogens with one attached hydrogen (secondary N) is 1. The molecule has 0 radical (unpaired) electrons. The van der Waals surface area contributed by atoms with Gasteiger partial charge in [0.15, 0.2) is 0 Å². The van der Waals surface area contributed by atoms with Crippen LogP contribution in [0.25, 0.3) is 0 Å². The van der Waals surface area contributed by atoms with E-state index in [4.69, 9.17) is 0 Å². The lowest BCUT2D eigenvalue weighted by molar-refractivity contribution is 0.192. The Balaban J connectivity index is 2.21. The van der Waals surface area contributed by atoms with Crippen molar-refractivity contribution in [2.24, 2.45) is 0 Å². The summed E-state index contributed by atoms with van der Waals surface area (Å²) in [5, 5.41) is 13.0. The number of rotatable bonds is 7. The normalized spacial score (nSPS) is 13.0. The van der Waals surface area contributed by atoms with Crippen LogP contribution in [-0.2, 0) is 5.75 Å². The monoisotopic (exact) mass is 253 g/mol. The van der Waals surface area contributed by atoms with Crippen molar-refractivity contribution in [1.82, 2.24) is 5.32 Å². The van der Waals surface area contributed by atoms with E-state index in [1.807, 2.05) is 0 Å². The lowest BCUT2D eigenvalue weighted by atomic mass is 10.1. The fraction of sp³-hybridized carbons (Fsp3) is 0.571. The highest BCUT2D eigenvalue weighted by atomic mass is 32.2. The first-order chi connectivity index (χ1) is 8.09. The summed E-state index contributed by atoms with van der Waals surface area (Å²) >= 11 is 1.79. The first-order valence-electron chi connectivity index (χ1n) is 6.13. The molecule has 1 aromatic carbocycles.